The summed E-state index contributed by atoms with van der Waals surface area (Å²) in [7, 11) is 3.61. The minimum absolute atomic E-state index is 0.562. The fraction of sp³-hybridized carbons (Fsp3) is 0.385. The van der Waals surface area contributed by atoms with E-state index in [1.807, 2.05) is 7.05 Å². The zero-order chi connectivity index (χ0) is 12.4. The molecule has 0 aliphatic heterocycles. The average Bonchev–Trinajstić information content (AvgIpc) is 2.66. The summed E-state index contributed by atoms with van der Waals surface area (Å²) in [6, 6.07) is 4.10. The summed E-state index contributed by atoms with van der Waals surface area (Å²) < 4.78 is 12.3. The molecule has 17 heavy (non-hydrogen) atoms. The van der Waals surface area contributed by atoms with Gasteiger partial charge in [-0.25, -0.2) is 0 Å². The van der Waals surface area contributed by atoms with Crippen molar-refractivity contribution >= 4 is 26.9 Å². The predicted octanol–water partition coefficient (Wildman–Crippen LogP) is 3.37. The van der Waals surface area contributed by atoms with Crippen LogP contribution in [0.1, 0.15) is 16.9 Å². The molecule has 0 fully saturated rings. The first kappa shape index (κ1) is 12.6. The van der Waals surface area contributed by atoms with E-state index in [9.17, 15) is 0 Å². The second-order valence-electron chi connectivity index (χ2n) is 4.04. The molecule has 1 N–H and O–H groups in total. The van der Waals surface area contributed by atoms with Crippen LogP contribution < -0.4 is 5.32 Å². The van der Waals surface area contributed by atoms with Gasteiger partial charge in [0.05, 0.1) is 13.2 Å². The van der Waals surface area contributed by atoms with Crippen LogP contribution in [0.5, 0.6) is 0 Å². The van der Waals surface area contributed by atoms with Crippen LogP contribution in [0.25, 0.3) is 11.0 Å². The van der Waals surface area contributed by atoms with Crippen LogP contribution in [-0.4, -0.2) is 14.2 Å². The molecule has 1 aromatic carbocycles. The first-order valence-electron chi connectivity index (χ1n) is 5.52. The molecule has 2 rings (SSSR count). The molecule has 0 saturated carbocycles. The third kappa shape index (κ3) is 2.25. The van der Waals surface area contributed by atoms with Crippen molar-refractivity contribution in [2.45, 2.75) is 20.1 Å². The van der Waals surface area contributed by atoms with Gasteiger partial charge in [-0.05, 0) is 25.6 Å². The van der Waals surface area contributed by atoms with Gasteiger partial charge in [0, 0.05) is 22.5 Å². The maximum Gasteiger partial charge on any atom is 0.138 e. The first-order valence-corrected chi connectivity index (χ1v) is 6.31. The van der Waals surface area contributed by atoms with Gasteiger partial charge in [0.25, 0.3) is 0 Å². The summed E-state index contributed by atoms with van der Waals surface area (Å²) in [5.74, 6) is 0.944. The molecule has 0 spiro atoms. The molecule has 0 radical (unpaired) electrons. The molecule has 92 valence electrons. The van der Waals surface area contributed by atoms with Gasteiger partial charge in [0.1, 0.15) is 11.3 Å². The Morgan fingerprint density at radius 2 is 2.18 bits per heavy atom. The lowest BCUT2D eigenvalue weighted by atomic mass is 10.1. The standard InChI is InChI=1S/C13H16BrNO2/c1-8-4-5-10(14)12-9(7-16-3)11(6-15-2)17-13(8)12/h4-5,15H,6-7H2,1-3H3. The number of benzene rings is 1. The Morgan fingerprint density at radius 1 is 1.41 bits per heavy atom. The van der Waals surface area contributed by atoms with Gasteiger partial charge in [0.15, 0.2) is 0 Å². The number of furan rings is 1. The Hall–Kier alpha value is -0.840. The van der Waals surface area contributed by atoms with Gasteiger partial charge in [-0.1, -0.05) is 22.0 Å². The molecular weight excluding hydrogens is 282 g/mol. The van der Waals surface area contributed by atoms with Crippen molar-refractivity contribution in [1.29, 1.82) is 0 Å². The Kier molecular flexibility index (Phi) is 3.86. The SMILES string of the molecule is CNCc1oc2c(C)ccc(Br)c2c1COC. The first-order chi connectivity index (χ1) is 8.19. The number of ether oxygens (including phenoxy) is 1. The molecular formula is C13H16BrNO2. The zero-order valence-electron chi connectivity index (χ0n) is 10.3. The van der Waals surface area contributed by atoms with Crippen molar-refractivity contribution in [3.8, 4) is 0 Å². The number of methoxy groups -OCH3 is 1. The molecule has 1 aromatic heterocycles. The van der Waals surface area contributed by atoms with Gasteiger partial charge in [-0.15, -0.1) is 0 Å². The smallest absolute Gasteiger partial charge is 0.138 e. The normalized spacial score (nSPS) is 11.3. The van der Waals surface area contributed by atoms with Crippen LogP contribution in [0.3, 0.4) is 0 Å². The lowest BCUT2D eigenvalue weighted by Gasteiger charge is -2.02. The monoisotopic (exact) mass is 297 g/mol. The highest BCUT2D eigenvalue weighted by Crippen LogP contribution is 2.34. The van der Waals surface area contributed by atoms with E-state index in [0.29, 0.717) is 13.2 Å². The average molecular weight is 298 g/mol. The predicted molar refractivity (Wildman–Crippen MR) is 72.1 cm³/mol. The quantitative estimate of drug-likeness (QED) is 0.939. The largest absolute Gasteiger partial charge is 0.459 e. The van der Waals surface area contributed by atoms with E-state index in [4.69, 9.17) is 9.15 Å². The Morgan fingerprint density at radius 3 is 2.82 bits per heavy atom. The fourth-order valence-electron chi connectivity index (χ4n) is 2.00. The van der Waals surface area contributed by atoms with Crippen molar-refractivity contribution in [2.24, 2.45) is 0 Å². The van der Waals surface area contributed by atoms with Crippen LogP contribution in [-0.2, 0) is 17.9 Å². The summed E-state index contributed by atoms with van der Waals surface area (Å²) >= 11 is 3.58. The van der Waals surface area contributed by atoms with E-state index in [1.54, 1.807) is 7.11 Å². The Bertz CT molecular complexity index is 534. The van der Waals surface area contributed by atoms with Gasteiger partial charge in [0.2, 0.25) is 0 Å². The fourth-order valence-corrected chi connectivity index (χ4v) is 2.55. The molecule has 0 aliphatic carbocycles. The molecule has 0 aliphatic rings. The van der Waals surface area contributed by atoms with Crippen LogP contribution >= 0.6 is 15.9 Å². The Balaban J connectivity index is 2.70. The second-order valence-corrected chi connectivity index (χ2v) is 4.89. The number of nitrogens with one attached hydrogen (secondary N) is 1. The molecule has 0 bridgehead atoms. The minimum Gasteiger partial charge on any atom is -0.459 e. The molecule has 0 atom stereocenters. The highest BCUT2D eigenvalue weighted by molar-refractivity contribution is 9.10. The topological polar surface area (TPSA) is 34.4 Å². The van der Waals surface area contributed by atoms with E-state index < -0.39 is 0 Å². The number of aryl methyl sites for hydroxylation is 1. The molecule has 2 aromatic rings. The molecule has 0 unspecified atom stereocenters. The van der Waals surface area contributed by atoms with E-state index >= 15 is 0 Å². The van der Waals surface area contributed by atoms with Gasteiger partial charge in [-0.2, -0.15) is 0 Å². The summed E-state index contributed by atoms with van der Waals surface area (Å²) in [5.41, 5.74) is 3.20. The van der Waals surface area contributed by atoms with Gasteiger partial charge >= 0.3 is 0 Å². The van der Waals surface area contributed by atoms with E-state index in [-0.39, 0.29) is 0 Å². The number of hydrogen-bond donors (Lipinski definition) is 1. The molecule has 0 saturated heterocycles. The lowest BCUT2D eigenvalue weighted by Crippen LogP contribution is -2.06. The van der Waals surface area contributed by atoms with Crippen molar-refractivity contribution < 1.29 is 9.15 Å². The number of fused-ring (bicyclic) bond motifs is 1. The van der Waals surface area contributed by atoms with Crippen LogP contribution in [0.4, 0.5) is 0 Å². The summed E-state index contributed by atoms with van der Waals surface area (Å²) in [4.78, 5) is 0. The maximum absolute atomic E-state index is 5.93. The summed E-state index contributed by atoms with van der Waals surface area (Å²) in [6.07, 6.45) is 0. The van der Waals surface area contributed by atoms with E-state index in [0.717, 1.165) is 32.3 Å². The molecule has 3 nitrogen and oxygen atoms in total. The van der Waals surface area contributed by atoms with Gasteiger partial charge in [-0.3, -0.25) is 0 Å². The lowest BCUT2D eigenvalue weighted by molar-refractivity contribution is 0.183. The number of hydrogen-bond acceptors (Lipinski definition) is 3. The second kappa shape index (κ2) is 5.21. The van der Waals surface area contributed by atoms with Crippen LogP contribution in [0.2, 0.25) is 0 Å². The molecule has 1 heterocycles. The van der Waals surface area contributed by atoms with Crippen molar-refractivity contribution in [2.75, 3.05) is 14.2 Å². The highest BCUT2D eigenvalue weighted by atomic mass is 79.9. The number of halogens is 1. The molecule has 4 heteroatoms. The summed E-state index contributed by atoms with van der Waals surface area (Å²) in [6.45, 7) is 3.32. The van der Waals surface area contributed by atoms with Crippen LogP contribution in [0, 0.1) is 6.92 Å². The third-order valence-corrected chi connectivity index (χ3v) is 3.45. The van der Waals surface area contributed by atoms with Gasteiger partial charge < -0.3 is 14.5 Å². The van der Waals surface area contributed by atoms with Crippen molar-refractivity contribution in [3.63, 3.8) is 0 Å². The minimum atomic E-state index is 0.562. The maximum atomic E-state index is 5.93. The van der Waals surface area contributed by atoms with Crippen LogP contribution in [0.15, 0.2) is 21.0 Å². The third-order valence-electron chi connectivity index (χ3n) is 2.79. The van der Waals surface area contributed by atoms with Crippen molar-refractivity contribution in [1.82, 2.24) is 5.32 Å². The summed E-state index contributed by atoms with van der Waals surface area (Å²) in [5, 5.41) is 4.24. The Labute approximate surface area is 109 Å². The zero-order valence-corrected chi connectivity index (χ0v) is 11.8. The highest BCUT2D eigenvalue weighted by Gasteiger charge is 2.17. The molecule has 0 amide bonds. The van der Waals surface area contributed by atoms with E-state index in [1.165, 1.54) is 0 Å². The van der Waals surface area contributed by atoms with E-state index in [2.05, 4.69) is 40.3 Å². The number of rotatable bonds is 4. The van der Waals surface area contributed by atoms with Crippen molar-refractivity contribution in [3.05, 3.63) is 33.5 Å².